The van der Waals surface area contributed by atoms with Gasteiger partial charge in [0.15, 0.2) is 0 Å². The lowest BCUT2D eigenvalue weighted by Gasteiger charge is -2.16. The van der Waals surface area contributed by atoms with E-state index in [-0.39, 0.29) is 24.5 Å². The molecule has 0 bridgehead atoms. The SMILES string of the molecule is NC(=O)/C=C\C(N)=O.O=C(O)CCCC[C@@H]1SC[C@@H]2NC(=O)N[C@@H]21. The molecular weight excluding hydrogens is 336 g/mol. The van der Waals surface area contributed by atoms with Crippen molar-refractivity contribution in [3.05, 3.63) is 12.2 Å². The van der Waals surface area contributed by atoms with E-state index in [1.54, 1.807) is 0 Å². The Kier molecular flexibility index (Phi) is 8.10. The summed E-state index contributed by atoms with van der Waals surface area (Å²) in [6.45, 7) is 0. The van der Waals surface area contributed by atoms with Gasteiger partial charge in [-0.25, -0.2) is 4.79 Å². The second-order valence-electron chi connectivity index (χ2n) is 5.40. The Hall–Kier alpha value is -2.23. The number of hydrogen-bond donors (Lipinski definition) is 5. The quantitative estimate of drug-likeness (QED) is 0.229. The average Bonchev–Trinajstić information content (AvgIpc) is 3.01. The van der Waals surface area contributed by atoms with Crippen LogP contribution >= 0.6 is 11.8 Å². The van der Waals surface area contributed by atoms with Gasteiger partial charge >= 0.3 is 12.0 Å². The molecule has 2 heterocycles. The van der Waals surface area contributed by atoms with E-state index in [2.05, 4.69) is 22.1 Å². The molecule has 24 heavy (non-hydrogen) atoms. The molecule has 3 atom stereocenters. The van der Waals surface area contributed by atoms with Crippen molar-refractivity contribution in [2.45, 2.75) is 43.0 Å². The number of nitrogens with two attached hydrogens (primary N) is 2. The monoisotopic (exact) mass is 358 g/mol. The molecule has 0 unspecified atom stereocenters. The lowest BCUT2D eigenvalue weighted by atomic mass is 10.0. The number of amides is 4. The molecule has 10 heteroatoms. The summed E-state index contributed by atoms with van der Waals surface area (Å²) in [7, 11) is 0. The summed E-state index contributed by atoms with van der Waals surface area (Å²) in [5, 5.41) is 14.8. The summed E-state index contributed by atoms with van der Waals surface area (Å²) < 4.78 is 0. The van der Waals surface area contributed by atoms with Crippen LogP contribution < -0.4 is 22.1 Å². The van der Waals surface area contributed by atoms with E-state index in [0.717, 1.165) is 37.2 Å². The van der Waals surface area contributed by atoms with Crippen LogP contribution in [0.5, 0.6) is 0 Å². The molecule has 2 fully saturated rings. The first-order valence-electron chi connectivity index (χ1n) is 7.47. The van der Waals surface area contributed by atoms with Crippen LogP contribution in [0, 0.1) is 0 Å². The lowest BCUT2D eigenvalue weighted by Crippen LogP contribution is -2.36. The van der Waals surface area contributed by atoms with Crippen LogP contribution in [-0.4, -0.2) is 52.0 Å². The molecule has 0 aromatic rings. The van der Waals surface area contributed by atoms with Gasteiger partial charge in [-0.1, -0.05) is 6.42 Å². The molecule has 7 N–H and O–H groups in total. The zero-order chi connectivity index (χ0) is 18.1. The fourth-order valence-corrected chi connectivity index (χ4v) is 3.97. The number of primary amides is 2. The van der Waals surface area contributed by atoms with Crippen molar-refractivity contribution < 1.29 is 24.3 Å². The molecule has 0 aliphatic carbocycles. The minimum Gasteiger partial charge on any atom is -0.481 e. The standard InChI is InChI=1S/C10H16N2O3S.C4H6N2O2/c13-8(14)4-2-1-3-7-9-6(5-16-7)11-10(15)12-9;5-3(7)1-2-4(6)8/h6-7,9H,1-5H2,(H,13,14)(H2,11,12,15);1-2H,(H2,5,7)(H2,6,8)/b;2-1-/t6-,7-,9-;/m0./s1. The van der Waals surface area contributed by atoms with E-state index in [9.17, 15) is 19.2 Å². The predicted octanol–water partition coefficient (Wildman–Crippen LogP) is -0.690. The maximum atomic E-state index is 11.1. The topological polar surface area (TPSA) is 165 Å². The van der Waals surface area contributed by atoms with Gasteiger partial charge in [0, 0.05) is 29.6 Å². The number of carbonyl (C=O) groups excluding carboxylic acids is 3. The van der Waals surface area contributed by atoms with Crippen LogP contribution in [0.15, 0.2) is 12.2 Å². The van der Waals surface area contributed by atoms with E-state index < -0.39 is 17.8 Å². The highest BCUT2D eigenvalue weighted by Crippen LogP contribution is 2.33. The third-order valence-electron chi connectivity index (χ3n) is 3.48. The fraction of sp³-hybridized carbons (Fsp3) is 0.571. The number of carbonyl (C=O) groups is 4. The summed E-state index contributed by atoms with van der Waals surface area (Å²) >= 11 is 1.87. The predicted molar refractivity (Wildman–Crippen MR) is 89.1 cm³/mol. The number of carboxylic acid groups (broad SMARTS) is 1. The first kappa shape index (κ1) is 19.8. The van der Waals surface area contributed by atoms with Crippen LogP contribution in [-0.2, 0) is 14.4 Å². The number of hydrogen-bond acceptors (Lipinski definition) is 5. The lowest BCUT2D eigenvalue weighted by molar-refractivity contribution is -0.137. The van der Waals surface area contributed by atoms with Crippen LogP contribution in [0.2, 0.25) is 0 Å². The highest BCUT2D eigenvalue weighted by atomic mass is 32.2. The van der Waals surface area contributed by atoms with Gasteiger partial charge in [-0.3, -0.25) is 14.4 Å². The molecule has 0 aromatic carbocycles. The molecule has 2 aliphatic heterocycles. The molecule has 2 rings (SSSR count). The van der Waals surface area contributed by atoms with Crippen molar-refractivity contribution >= 4 is 35.6 Å². The zero-order valence-corrected chi connectivity index (χ0v) is 13.9. The Morgan fingerprint density at radius 3 is 2.33 bits per heavy atom. The number of unbranched alkanes of at least 4 members (excludes halogenated alkanes) is 1. The van der Waals surface area contributed by atoms with Crippen molar-refractivity contribution in [3.63, 3.8) is 0 Å². The van der Waals surface area contributed by atoms with E-state index in [4.69, 9.17) is 5.11 Å². The summed E-state index contributed by atoms with van der Waals surface area (Å²) in [5.74, 6) is -1.12. The third kappa shape index (κ3) is 7.36. The number of rotatable bonds is 7. The highest BCUT2D eigenvalue weighted by molar-refractivity contribution is 8.00. The average molecular weight is 358 g/mol. The molecule has 134 valence electrons. The largest absolute Gasteiger partial charge is 0.481 e. The van der Waals surface area contributed by atoms with Gasteiger partial charge in [-0.2, -0.15) is 11.8 Å². The molecule has 2 saturated heterocycles. The molecule has 0 radical (unpaired) electrons. The first-order valence-corrected chi connectivity index (χ1v) is 8.52. The van der Waals surface area contributed by atoms with Crippen molar-refractivity contribution in [1.82, 2.24) is 10.6 Å². The number of urea groups is 1. The molecule has 0 spiro atoms. The zero-order valence-electron chi connectivity index (χ0n) is 13.1. The fourth-order valence-electron chi connectivity index (χ4n) is 2.43. The van der Waals surface area contributed by atoms with E-state index in [1.807, 2.05) is 11.8 Å². The molecule has 9 nitrogen and oxygen atoms in total. The molecular formula is C14H22N4O5S. The summed E-state index contributed by atoms with van der Waals surface area (Å²) in [6.07, 6.45) is 4.69. The number of fused-ring (bicyclic) bond motifs is 1. The summed E-state index contributed by atoms with van der Waals surface area (Å²) in [6, 6.07) is 0.440. The summed E-state index contributed by atoms with van der Waals surface area (Å²) in [5.41, 5.74) is 9.21. The van der Waals surface area contributed by atoms with Gasteiger partial charge in [-0.15, -0.1) is 0 Å². The van der Waals surface area contributed by atoms with E-state index in [0.29, 0.717) is 5.25 Å². The molecule has 4 amide bonds. The van der Waals surface area contributed by atoms with Gasteiger partial charge in [0.25, 0.3) is 0 Å². The number of carboxylic acids is 1. The number of aliphatic carboxylic acids is 1. The van der Waals surface area contributed by atoms with E-state index in [1.165, 1.54) is 0 Å². The summed E-state index contributed by atoms with van der Waals surface area (Å²) in [4.78, 5) is 41.1. The van der Waals surface area contributed by atoms with Crippen LogP contribution in [0.3, 0.4) is 0 Å². The van der Waals surface area contributed by atoms with Crippen LogP contribution in [0.4, 0.5) is 4.79 Å². The maximum absolute atomic E-state index is 11.1. The Morgan fingerprint density at radius 2 is 1.79 bits per heavy atom. The first-order chi connectivity index (χ1) is 11.3. The Bertz CT molecular complexity index is 509. The second kappa shape index (κ2) is 9.81. The van der Waals surface area contributed by atoms with Crippen molar-refractivity contribution in [1.29, 1.82) is 0 Å². The highest BCUT2D eigenvalue weighted by Gasteiger charge is 2.42. The minimum absolute atomic E-state index is 0.0640. The normalized spacial score (nSPS) is 24.5. The van der Waals surface area contributed by atoms with Crippen LogP contribution in [0.25, 0.3) is 0 Å². The van der Waals surface area contributed by atoms with Crippen molar-refractivity contribution in [3.8, 4) is 0 Å². The molecule has 2 aliphatic rings. The Morgan fingerprint density at radius 1 is 1.17 bits per heavy atom. The number of nitrogens with one attached hydrogen (secondary N) is 2. The molecule has 0 aromatic heterocycles. The van der Waals surface area contributed by atoms with Crippen molar-refractivity contribution in [2.24, 2.45) is 11.5 Å². The van der Waals surface area contributed by atoms with Crippen LogP contribution in [0.1, 0.15) is 25.7 Å². The van der Waals surface area contributed by atoms with Gasteiger partial charge in [0.05, 0.1) is 12.1 Å². The van der Waals surface area contributed by atoms with Gasteiger partial charge < -0.3 is 27.2 Å². The van der Waals surface area contributed by atoms with Gasteiger partial charge in [0.1, 0.15) is 0 Å². The van der Waals surface area contributed by atoms with Gasteiger partial charge in [0.2, 0.25) is 11.8 Å². The van der Waals surface area contributed by atoms with Gasteiger partial charge in [-0.05, 0) is 12.8 Å². The number of thioether (sulfide) groups is 1. The maximum Gasteiger partial charge on any atom is 0.315 e. The van der Waals surface area contributed by atoms with E-state index >= 15 is 0 Å². The minimum atomic E-state index is -0.729. The van der Waals surface area contributed by atoms with Crippen molar-refractivity contribution in [2.75, 3.05) is 5.75 Å². The third-order valence-corrected chi connectivity index (χ3v) is 4.99. The second-order valence-corrected chi connectivity index (χ2v) is 6.67. The Labute approximate surface area is 143 Å². The molecule has 0 saturated carbocycles. The smallest absolute Gasteiger partial charge is 0.315 e. The Balaban J connectivity index is 0.000000307.